The van der Waals surface area contributed by atoms with E-state index in [1.165, 1.54) is 6.92 Å². The molecule has 0 radical (unpaired) electrons. The van der Waals surface area contributed by atoms with E-state index in [-0.39, 0.29) is 17.2 Å². The van der Waals surface area contributed by atoms with Gasteiger partial charge in [-0.25, -0.2) is 4.79 Å². The lowest BCUT2D eigenvalue weighted by molar-refractivity contribution is -0.0328. The van der Waals surface area contributed by atoms with E-state index in [4.69, 9.17) is 16.9 Å². The van der Waals surface area contributed by atoms with Gasteiger partial charge in [-0.15, -0.1) is 0 Å². The molecule has 0 saturated heterocycles. The number of rotatable bonds is 3. The van der Waals surface area contributed by atoms with Gasteiger partial charge < -0.3 is 4.74 Å². The van der Waals surface area contributed by atoms with Gasteiger partial charge in [-0.1, -0.05) is 11.6 Å². The average Bonchev–Trinajstić information content (AvgIpc) is 2.29. The van der Waals surface area contributed by atoms with Gasteiger partial charge in [0, 0.05) is 4.90 Å². The number of nitrogens with zero attached hydrogens (tertiary/aromatic N) is 1. The maximum atomic E-state index is 12.4. The van der Waals surface area contributed by atoms with E-state index in [0.717, 1.165) is 12.1 Å². The molecule has 1 aromatic carbocycles. The molecule has 0 fully saturated rings. The molecule has 102 valence electrons. The number of ether oxygens (including phenoxy) is 1. The Morgan fingerprint density at radius 3 is 2.63 bits per heavy atom. The Bertz CT molecular complexity index is 540. The predicted octanol–water partition coefficient (Wildman–Crippen LogP) is 4.00. The SMILES string of the molecule is CCOC(=O)c1c(SC(F)(F)F)ccc(Cl)c1C#N. The fourth-order valence-corrected chi connectivity index (χ4v) is 2.16. The summed E-state index contributed by atoms with van der Waals surface area (Å²) in [6.07, 6.45) is 0. The van der Waals surface area contributed by atoms with Gasteiger partial charge >= 0.3 is 11.5 Å². The van der Waals surface area contributed by atoms with Crippen LogP contribution in [0, 0.1) is 11.3 Å². The summed E-state index contributed by atoms with van der Waals surface area (Å²) in [5, 5.41) is 8.81. The number of esters is 1. The smallest absolute Gasteiger partial charge is 0.446 e. The van der Waals surface area contributed by atoms with Gasteiger partial charge in [-0.05, 0) is 30.8 Å². The van der Waals surface area contributed by atoms with Crippen LogP contribution in [-0.4, -0.2) is 18.1 Å². The van der Waals surface area contributed by atoms with Crippen LogP contribution in [-0.2, 0) is 4.74 Å². The Balaban J connectivity index is 3.39. The van der Waals surface area contributed by atoms with Crippen molar-refractivity contribution in [3.8, 4) is 6.07 Å². The lowest BCUT2D eigenvalue weighted by atomic mass is 10.1. The third-order valence-electron chi connectivity index (χ3n) is 1.93. The highest BCUT2D eigenvalue weighted by atomic mass is 35.5. The molecule has 0 amide bonds. The molecule has 0 N–H and O–H groups in total. The van der Waals surface area contributed by atoms with E-state index >= 15 is 0 Å². The van der Waals surface area contributed by atoms with Crippen molar-refractivity contribution in [2.75, 3.05) is 6.61 Å². The van der Waals surface area contributed by atoms with Gasteiger partial charge in [-0.3, -0.25) is 0 Å². The molecule has 0 atom stereocenters. The Labute approximate surface area is 116 Å². The minimum Gasteiger partial charge on any atom is -0.462 e. The van der Waals surface area contributed by atoms with Crippen LogP contribution >= 0.6 is 23.4 Å². The predicted molar refractivity (Wildman–Crippen MR) is 64.0 cm³/mol. The summed E-state index contributed by atoms with van der Waals surface area (Å²) in [6, 6.07) is 3.79. The number of alkyl halides is 3. The molecule has 0 saturated carbocycles. The van der Waals surface area contributed by atoms with Gasteiger partial charge in [0.25, 0.3) is 0 Å². The third-order valence-corrected chi connectivity index (χ3v) is 3.04. The standard InChI is InChI=1S/C11H7ClF3NO2S/c1-2-18-10(17)9-6(5-16)7(12)3-4-8(9)19-11(13,14)15/h3-4H,2H2,1H3. The minimum atomic E-state index is -4.58. The van der Waals surface area contributed by atoms with Crippen LogP contribution in [0.25, 0.3) is 0 Å². The minimum absolute atomic E-state index is 0.0215. The van der Waals surface area contributed by atoms with Crippen LogP contribution in [0.15, 0.2) is 17.0 Å². The van der Waals surface area contributed by atoms with Crippen molar-refractivity contribution in [3.63, 3.8) is 0 Å². The van der Waals surface area contributed by atoms with E-state index < -0.39 is 33.7 Å². The second-order valence-electron chi connectivity index (χ2n) is 3.18. The van der Waals surface area contributed by atoms with Crippen LogP contribution in [0.4, 0.5) is 13.2 Å². The Morgan fingerprint density at radius 2 is 2.16 bits per heavy atom. The van der Waals surface area contributed by atoms with E-state index in [9.17, 15) is 18.0 Å². The van der Waals surface area contributed by atoms with Crippen LogP contribution in [0.1, 0.15) is 22.8 Å². The maximum absolute atomic E-state index is 12.4. The molecule has 0 aromatic heterocycles. The summed E-state index contributed by atoms with van der Waals surface area (Å²) in [7, 11) is 0. The first-order chi connectivity index (χ1) is 8.80. The molecule has 0 spiro atoms. The quantitative estimate of drug-likeness (QED) is 0.625. The van der Waals surface area contributed by atoms with Crippen molar-refractivity contribution in [1.82, 2.24) is 0 Å². The molecule has 0 aliphatic rings. The summed E-state index contributed by atoms with van der Waals surface area (Å²) in [5.74, 6) is -1.01. The molecule has 19 heavy (non-hydrogen) atoms. The largest absolute Gasteiger partial charge is 0.462 e. The number of thioether (sulfide) groups is 1. The molecule has 1 rings (SSSR count). The lowest BCUT2D eigenvalue weighted by Gasteiger charge is -2.12. The van der Waals surface area contributed by atoms with Crippen molar-refractivity contribution in [1.29, 1.82) is 5.26 Å². The van der Waals surface area contributed by atoms with Crippen LogP contribution in [0.5, 0.6) is 0 Å². The van der Waals surface area contributed by atoms with Gasteiger partial charge in [0.1, 0.15) is 6.07 Å². The van der Waals surface area contributed by atoms with Crippen molar-refractivity contribution in [2.24, 2.45) is 0 Å². The Morgan fingerprint density at radius 1 is 1.53 bits per heavy atom. The molecular formula is C11H7ClF3NO2S. The molecule has 0 aliphatic carbocycles. The second kappa shape index (κ2) is 6.17. The fraction of sp³-hybridized carbons (Fsp3) is 0.273. The summed E-state index contributed by atoms with van der Waals surface area (Å²) in [4.78, 5) is 11.3. The van der Waals surface area contributed by atoms with E-state index in [1.807, 2.05) is 0 Å². The van der Waals surface area contributed by atoms with E-state index in [0.29, 0.717) is 0 Å². The number of benzene rings is 1. The van der Waals surface area contributed by atoms with Gasteiger partial charge in [0.2, 0.25) is 0 Å². The van der Waals surface area contributed by atoms with Crippen LogP contribution in [0.2, 0.25) is 5.02 Å². The number of halogens is 4. The number of carbonyl (C=O) groups excluding carboxylic acids is 1. The van der Waals surface area contributed by atoms with Crippen molar-refractivity contribution >= 4 is 29.3 Å². The normalized spacial score (nSPS) is 10.9. The molecule has 0 unspecified atom stereocenters. The average molecular weight is 310 g/mol. The summed E-state index contributed by atoms with van der Waals surface area (Å²) < 4.78 is 41.9. The molecule has 1 aromatic rings. The molecule has 0 bridgehead atoms. The van der Waals surface area contributed by atoms with Gasteiger partial charge in [-0.2, -0.15) is 18.4 Å². The topological polar surface area (TPSA) is 50.1 Å². The maximum Gasteiger partial charge on any atom is 0.446 e. The zero-order valence-corrected chi connectivity index (χ0v) is 11.1. The second-order valence-corrected chi connectivity index (χ2v) is 4.69. The van der Waals surface area contributed by atoms with E-state index in [2.05, 4.69) is 4.74 Å². The number of carbonyl (C=O) groups is 1. The number of hydrogen-bond donors (Lipinski definition) is 0. The number of hydrogen-bond acceptors (Lipinski definition) is 4. The highest BCUT2D eigenvalue weighted by Gasteiger charge is 2.33. The molecule has 3 nitrogen and oxygen atoms in total. The third kappa shape index (κ3) is 4.04. The highest BCUT2D eigenvalue weighted by molar-refractivity contribution is 8.00. The first kappa shape index (κ1) is 15.7. The van der Waals surface area contributed by atoms with Crippen molar-refractivity contribution < 1.29 is 22.7 Å². The fourth-order valence-electron chi connectivity index (χ4n) is 1.28. The summed E-state index contributed by atoms with van der Waals surface area (Å²) in [5.41, 5.74) is -5.37. The van der Waals surface area contributed by atoms with Crippen LogP contribution in [0.3, 0.4) is 0 Å². The van der Waals surface area contributed by atoms with Crippen molar-refractivity contribution in [2.45, 2.75) is 17.3 Å². The Kier molecular flexibility index (Phi) is 5.09. The zero-order valence-electron chi connectivity index (χ0n) is 9.55. The monoisotopic (exact) mass is 309 g/mol. The van der Waals surface area contributed by atoms with E-state index in [1.54, 1.807) is 6.07 Å². The van der Waals surface area contributed by atoms with Crippen molar-refractivity contribution in [3.05, 3.63) is 28.3 Å². The summed E-state index contributed by atoms with van der Waals surface area (Å²) in [6.45, 7) is 1.48. The lowest BCUT2D eigenvalue weighted by Crippen LogP contribution is -2.11. The van der Waals surface area contributed by atoms with Gasteiger partial charge in [0.15, 0.2) is 0 Å². The summed E-state index contributed by atoms with van der Waals surface area (Å²) >= 11 is 5.21. The first-order valence-corrected chi connectivity index (χ1v) is 6.15. The van der Waals surface area contributed by atoms with Gasteiger partial charge in [0.05, 0.1) is 22.8 Å². The molecule has 8 heteroatoms. The molecular weight excluding hydrogens is 303 g/mol. The molecule has 0 heterocycles. The molecule has 0 aliphatic heterocycles. The number of nitriles is 1. The zero-order chi connectivity index (χ0) is 14.6. The first-order valence-electron chi connectivity index (χ1n) is 4.95. The van der Waals surface area contributed by atoms with Crippen LogP contribution < -0.4 is 0 Å². The highest BCUT2D eigenvalue weighted by Crippen LogP contribution is 2.40. The Hall–Kier alpha value is -1.39.